The number of benzene rings is 1. The zero-order valence-corrected chi connectivity index (χ0v) is 9.21. The smallest absolute Gasteiger partial charge is 0.306 e. The molecule has 0 spiro atoms. The standard InChI is InChI=1S/C11H13NO5/c1-17-8-4-2-7(3-5-8)6-9(13)11(15,16)10(12)14/h2-5,15-16H,6H2,1H3,(H2,12,14). The van der Waals surface area contributed by atoms with Crippen molar-refractivity contribution in [2.75, 3.05) is 7.11 Å². The van der Waals surface area contributed by atoms with E-state index in [1.165, 1.54) is 7.11 Å². The fourth-order valence-electron chi connectivity index (χ4n) is 1.19. The van der Waals surface area contributed by atoms with Gasteiger partial charge in [-0.25, -0.2) is 0 Å². The van der Waals surface area contributed by atoms with Crippen molar-refractivity contribution in [3.63, 3.8) is 0 Å². The molecule has 0 aliphatic heterocycles. The van der Waals surface area contributed by atoms with E-state index in [1.807, 2.05) is 0 Å². The fourth-order valence-corrected chi connectivity index (χ4v) is 1.19. The van der Waals surface area contributed by atoms with Gasteiger partial charge in [0.2, 0.25) is 5.78 Å². The third kappa shape index (κ3) is 3.02. The van der Waals surface area contributed by atoms with Gasteiger partial charge in [0.15, 0.2) is 0 Å². The lowest BCUT2D eigenvalue weighted by molar-refractivity contribution is -0.188. The summed E-state index contributed by atoms with van der Waals surface area (Å²) in [5.41, 5.74) is 5.21. The number of nitrogens with two attached hydrogens (primary N) is 1. The zero-order chi connectivity index (χ0) is 13.1. The average Bonchev–Trinajstić information content (AvgIpc) is 2.29. The van der Waals surface area contributed by atoms with E-state index in [9.17, 15) is 9.59 Å². The number of amides is 1. The summed E-state index contributed by atoms with van der Waals surface area (Å²) in [6, 6.07) is 6.38. The van der Waals surface area contributed by atoms with Crippen LogP contribution in [0.5, 0.6) is 5.75 Å². The summed E-state index contributed by atoms with van der Waals surface area (Å²) in [4.78, 5) is 22.0. The minimum atomic E-state index is -3.13. The van der Waals surface area contributed by atoms with Crippen LogP contribution in [0.4, 0.5) is 0 Å². The Bertz CT molecular complexity index is 424. The Morgan fingerprint density at radius 2 is 1.82 bits per heavy atom. The van der Waals surface area contributed by atoms with E-state index in [0.717, 1.165) is 0 Å². The van der Waals surface area contributed by atoms with Gasteiger partial charge in [0, 0.05) is 6.42 Å². The van der Waals surface area contributed by atoms with E-state index in [-0.39, 0.29) is 6.42 Å². The summed E-state index contributed by atoms with van der Waals surface area (Å²) in [5.74, 6) is -5.08. The molecule has 1 aromatic carbocycles. The number of ketones is 1. The van der Waals surface area contributed by atoms with Crippen LogP contribution < -0.4 is 10.5 Å². The van der Waals surface area contributed by atoms with Crippen LogP contribution in [-0.2, 0) is 16.0 Å². The molecule has 6 nitrogen and oxygen atoms in total. The number of carbonyl (C=O) groups is 2. The lowest BCUT2D eigenvalue weighted by atomic mass is 10.0. The van der Waals surface area contributed by atoms with Gasteiger partial charge in [0.1, 0.15) is 5.75 Å². The van der Waals surface area contributed by atoms with E-state index in [1.54, 1.807) is 24.3 Å². The van der Waals surface area contributed by atoms with E-state index in [4.69, 9.17) is 20.7 Å². The van der Waals surface area contributed by atoms with Crippen molar-refractivity contribution in [2.45, 2.75) is 12.2 Å². The number of primary amides is 1. The SMILES string of the molecule is COc1ccc(CC(=O)C(O)(O)C(N)=O)cc1. The molecule has 0 radical (unpaired) electrons. The van der Waals surface area contributed by atoms with Gasteiger partial charge in [-0.2, -0.15) is 0 Å². The second-order valence-electron chi connectivity index (χ2n) is 3.48. The van der Waals surface area contributed by atoms with Crippen molar-refractivity contribution in [3.05, 3.63) is 29.8 Å². The maximum absolute atomic E-state index is 11.4. The summed E-state index contributed by atoms with van der Waals surface area (Å²) < 4.78 is 4.92. The van der Waals surface area contributed by atoms with Gasteiger partial charge in [0.05, 0.1) is 7.11 Å². The van der Waals surface area contributed by atoms with Gasteiger partial charge in [0.25, 0.3) is 5.91 Å². The van der Waals surface area contributed by atoms with Gasteiger partial charge in [-0.1, -0.05) is 12.1 Å². The number of hydrogen-bond donors (Lipinski definition) is 3. The summed E-state index contributed by atoms with van der Waals surface area (Å²) in [5, 5.41) is 18.3. The first-order valence-corrected chi connectivity index (χ1v) is 4.78. The average molecular weight is 239 g/mol. The van der Waals surface area contributed by atoms with Crippen LogP contribution in [-0.4, -0.2) is 34.8 Å². The maximum Gasteiger partial charge on any atom is 0.306 e. The fraction of sp³-hybridized carbons (Fsp3) is 0.273. The zero-order valence-electron chi connectivity index (χ0n) is 9.21. The molecular formula is C11H13NO5. The van der Waals surface area contributed by atoms with E-state index in [2.05, 4.69) is 0 Å². The van der Waals surface area contributed by atoms with Crippen molar-refractivity contribution < 1.29 is 24.5 Å². The monoisotopic (exact) mass is 239 g/mol. The minimum Gasteiger partial charge on any atom is -0.497 e. The Balaban J connectivity index is 2.77. The first-order chi connectivity index (χ1) is 7.87. The van der Waals surface area contributed by atoms with Gasteiger partial charge >= 0.3 is 5.79 Å². The molecule has 0 fully saturated rings. The highest BCUT2D eigenvalue weighted by Crippen LogP contribution is 2.13. The molecule has 1 aromatic rings. The molecule has 0 heterocycles. The van der Waals surface area contributed by atoms with Crippen LogP contribution in [0.2, 0.25) is 0 Å². The van der Waals surface area contributed by atoms with Crippen LogP contribution in [0.1, 0.15) is 5.56 Å². The van der Waals surface area contributed by atoms with Crippen molar-refractivity contribution in [1.29, 1.82) is 0 Å². The highest BCUT2D eigenvalue weighted by atomic mass is 16.5. The number of carbonyl (C=O) groups excluding carboxylic acids is 2. The maximum atomic E-state index is 11.4. The molecule has 0 aliphatic rings. The van der Waals surface area contributed by atoms with E-state index >= 15 is 0 Å². The largest absolute Gasteiger partial charge is 0.497 e. The molecule has 6 heteroatoms. The summed E-state index contributed by atoms with van der Waals surface area (Å²) in [6.07, 6.45) is -0.306. The van der Waals surface area contributed by atoms with E-state index < -0.39 is 17.5 Å². The molecule has 1 amide bonds. The number of rotatable bonds is 5. The minimum absolute atomic E-state index is 0.306. The molecule has 1 rings (SSSR count). The molecule has 0 unspecified atom stereocenters. The molecule has 4 N–H and O–H groups in total. The Morgan fingerprint density at radius 1 is 1.29 bits per heavy atom. The number of ether oxygens (including phenoxy) is 1. The Labute approximate surface area is 97.6 Å². The molecule has 0 aliphatic carbocycles. The van der Waals surface area contributed by atoms with Crippen molar-refractivity contribution in [1.82, 2.24) is 0 Å². The second kappa shape index (κ2) is 4.94. The molecule has 0 aromatic heterocycles. The number of hydrogen-bond acceptors (Lipinski definition) is 5. The number of Topliss-reactive ketones (excluding diaryl/α,β-unsaturated/α-hetero) is 1. The molecule has 0 atom stereocenters. The molecule has 0 bridgehead atoms. The summed E-state index contributed by atoms with van der Waals surface area (Å²) in [6.45, 7) is 0. The normalized spacial score (nSPS) is 11.0. The van der Waals surface area contributed by atoms with Gasteiger partial charge in [-0.05, 0) is 17.7 Å². The van der Waals surface area contributed by atoms with Crippen LogP contribution in [0.3, 0.4) is 0 Å². The lowest BCUT2D eigenvalue weighted by Gasteiger charge is -2.15. The molecule has 92 valence electrons. The van der Waals surface area contributed by atoms with Gasteiger partial charge < -0.3 is 20.7 Å². The molecule has 0 saturated heterocycles. The predicted octanol–water partition coefficient (Wildman–Crippen LogP) is -1.03. The highest BCUT2D eigenvalue weighted by Gasteiger charge is 2.39. The summed E-state index contributed by atoms with van der Waals surface area (Å²) in [7, 11) is 1.50. The van der Waals surface area contributed by atoms with Crippen LogP contribution in [0.25, 0.3) is 0 Å². The molecule has 17 heavy (non-hydrogen) atoms. The Morgan fingerprint density at radius 3 is 2.24 bits per heavy atom. The number of aliphatic hydroxyl groups is 2. The lowest BCUT2D eigenvalue weighted by Crippen LogP contribution is -2.51. The number of methoxy groups -OCH3 is 1. The van der Waals surface area contributed by atoms with Crippen LogP contribution in [0.15, 0.2) is 24.3 Å². The van der Waals surface area contributed by atoms with Crippen LogP contribution in [0, 0.1) is 0 Å². The second-order valence-corrected chi connectivity index (χ2v) is 3.48. The first kappa shape index (κ1) is 13.1. The van der Waals surface area contributed by atoms with Gasteiger partial charge in [-0.15, -0.1) is 0 Å². The van der Waals surface area contributed by atoms with Crippen molar-refractivity contribution in [2.24, 2.45) is 5.73 Å². The van der Waals surface area contributed by atoms with Crippen molar-refractivity contribution >= 4 is 11.7 Å². The quantitative estimate of drug-likeness (QED) is 0.449. The highest BCUT2D eigenvalue weighted by molar-refractivity contribution is 6.07. The third-order valence-electron chi connectivity index (χ3n) is 2.26. The third-order valence-corrected chi connectivity index (χ3v) is 2.26. The molecular weight excluding hydrogens is 226 g/mol. The predicted molar refractivity (Wildman–Crippen MR) is 58.1 cm³/mol. The van der Waals surface area contributed by atoms with Crippen molar-refractivity contribution in [3.8, 4) is 5.75 Å². The Kier molecular flexibility index (Phi) is 3.82. The summed E-state index contributed by atoms with van der Waals surface area (Å²) >= 11 is 0. The van der Waals surface area contributed by atoms with Gasteiger partial charge in [-0.3, -0.25) is 9.59 Å². The first-order valence-electron chi connectivity index (χ1n) is 4.78. The topological polar surface area (TPSA) is 110 Å². The van der Waals surface area contributed by atoms with E-state index in [0.29, 0.717) is 11.3 Å². The van der Waals surface area contributed by atoms with Crippen LogP contribution >= 0.6 is 0 Å². The Hall–Kier alpha value is -1.92. The molecule has 0 saturated carbocycles.